The van der Waals surface area contributed by atoms with E-state index in [-0.39, 0.29) is 5.56 Å². The highest BCUT2D eigenvalue weighted by Gasteiger charge is 2.10. The van der Waals surface area contributed by atoms with E-state index in [1.54, 1.807) is 12.1 Å². The Morgan fingerprint density at radius 1 is 1.39 bits per heavy atom. The quantitative estimate of drug-likeness (QED) is 0.841. The second-order valence-electron chi connectivity index (χ2n) is 4.43. The van der Waals surface area contributed by atoms with Crippen LogP contribution in [0.1, 0.15) is 19.8 Å². The first-order chi connectivity index (χ1) is 8.76. The molecule has 96 valence electrons. The minimum Gasteiger partial charge on any atom is -0.267 e. The molecule has 2 rings (SSSR count). The highest BCUT2D eigenvalue weighted by atomic mass is 32.1. The zero-order valence-corrected chi connectivity index (χ0v) is 11.3. The predicted octanol–water partition coefficient (Wildman–Crippen LogP) is 2.14. The van der Waals surface area contributed by atoms with Gasteiger partial charge in [-0.3, -0.25) is 4.79 Å². The van der Waals surface area contributed by atoms with Gasteiger partial charge in [-0.25, -0.2) is 4.68 Å². The lowest BCUT2D eigenvalue weighted by molar-refractivity contribution is 0.405. The average molecular weight is 263 g/mol. The molecule has 0 aliphatic rings. The maximum atomic E-state index is 12.2. The highest BCUT2D eigenvalue weighted by molar-refractivity contribution is 7.80. The summed E-state index contributed by atoms with van der Waals surface area (Å²) in [5, 5.41) is 8.70. The number of benzene rings is 1. The molecule has 0 aliphatic heterocycles. The van der Waals surface area contributed by atoms with Crippen LogP contribution in [0.4, 0.5) is 0 Å². The molecule has 1 atom stereocenters. The van der Waals surface area contributed by atoms with E-state index in [0.717, 1.165) is 18.6 Å². The number of rotatable bonds is 5. The SMILES string of the molecule is CCCC(CS)Cn1nnc2ccccc2c1=O. The van der Waals surface area contributed by atoms with Crippen molar-refractivity contribution in [3.63, 3.8) is 0 Å². The Balaban J connectivity index is 2.34. The van der Waals surface area contributed by atoms with Crippen molar-refractivity contribution in [1.82, 2.24) is 15.0 Å². The lowest BCUT2D eigenvalue weighted by Crippen LogP contribution is -2.28. The molecule has 0 saturated heterocycles. The summed E-state index contributed by atoms with van der Waals surface area (Å²) in [5.41, 5.74) is 0.583. The van der Waals surface area contributed by atoms with E-state index < -0.39 is 0 Å². The van der Waals surface area contributed by atoms with E-state index in [1.807, 2.05) is 12.1 Å². The van der Waals surface area contributed by atoms with Gasteiger partial charge >= 0.3 is 0 Å². The van der Waals surface area contributed by atoms with Crippen molar-refractivity contribution >= 4 is 23.5 Å². The Morgan fingerprint density at radius 2 is 2.17 bits per heavy atom. The number of nitrogens with zero attached hydrogens (tertiary/aromatic N) is 3. The largest absolute Gasteiger partial charge is 0.277 e. The van der Waals surface area contributed by atoms with Crippen molar-refractivity contribution in [2.24, 2.45) is 5.92 Å². The zero-order chi connectivity index (χ0) is 13.0. The van der Waals surface area contributed by atoms with Gasteiger partial charge in [-0.15, -0.1) is 5.10 Å². The summed E-state index contributed by atoms with van der Waals surface area (Å²) in [5.74, 6) is 1.13. The first-order valence-electron chi connectivity index (χ1n) is 6.19. The third kappa shape index (κ3) is 2.72. The van der Waals surface area contributed by atoms with Crippen LogP contribution >= 0.6 is 12.6 Å². The Labute approximate surface area is 111 Å². The van der Waals surface area contributed by atoms with E-state index >= 15 is 0 Å². The minimum absolute atomic E-state index is 0.0662. The lowest BCUT2D eigenvalue weighted by Gasteiger charge is -2.13. The topological polar surface area (TPSA) is 47.8 Å². The first kappa shape index (κ1) is 13.1. The standard InChI is InChI=1S/C13H17N3OS/c1-2-5-10(9-18)8-16-13(17)11-6-3-4-7-12(11)14-15-16/h3-4,6-7,10,18H,2,5,8-9H2,1H3. The third-order valence-electron chi connectivity index (χ3n) is 3.02. The average Bonchev–Trinajstić information content (AvgIpc) is 2.41. The molecule has 0 fully saturated rings. The van der Waals surface area contributed by atoms with Crippen LogP contribution in [-0.4, -0.2) is 20.7 Å². The molecule has 2 aromatic rings. The minimum atomic E-state index is -0.0662. The number of fused-ring (bicyclic) bond motifs is 1. The van der Waals surface area contributed by atoms with Crippen LogP contribution < -0.4 is 5.56 Å². The van der Waals surface area contributed by atoms with Gasteiger partial charge in [0.25, 0.3) is 5.56 Å². The van der Waals surface area contributed by atoms with Gasteiger partial charge in [0, 0.05) is 0 Å². The number of hydrogen-bond donors (Lipinski definition) is 1. The lowest BCUT2D eigenvalue weighted by atomic mass is 10.1. The monoisotopic (exact) mass is 263 g/mol. The molecule has 1 unspecified atom stereocenters. The number of aromatic nitrogens is 3. The molecule has 1 aromatic carbocycles. The van der Waals surface area contributed by atoms with Gasteiger partial charge in [-0.05, 0) is 30.2 Å². The molecule has 0 radical (unpaired) electrons. The second-order valence-corrected chi connectivity index (χ2v) is 4.80. The molecule has 0 bridgehead atoms. The summed E-state index contributed by atoms with van der Waals surface area (Å²) in [7, 11) is 0. The Bertz CT molecular complexity index is 582. The van der Waals surface area contributed by atoms with Crippen molar-refractivity contribution < 1.29 is 0 Å². The van der Waals surface area contributed by atoms with Crippen LogP contribution in [0.25, 0.3) is 10.9 Å². The van der Waals surface area contributed by atoms with Gasteiger partial charge in [0.1, 0.15) is 5.52 Å². The normalized spacial score (nSPS) is 12.8. The molecule has 18 heavy (non-hydrogen) atoms. The van der Waals surface area contributed by atoms with Crippen molar-refractivity contribution in [3.8, 4) is 0 Å². The molecule has 5 heteroatoms. The second kappa shape index (κ2) is 6.00. The third-order valence-corrected chi connectivity index (χ3v) is 3.53. The summed E-state index contributed by atoms with van der Waals surface area (Å²) in [4.78, 5) is 12.2. The fourth-order valence-electron chi connectivity index (χ4n) is 2.04. The van der Waals surface area contributed by atoms with E-state index in [0.29, 0.717) is 23.4 Å². The van der Waals surface area contributed by atoms with Crippen molar-refractivity contribution in [1.29, 1.82) is 0 Å². The van der Waals surface area contributed by atoms with Gasteiger partial charge in [-0.1, -0.05) is 30.7 Å². The van der Waals surface area contributed by atoms with Crippen molar-refractivity contribution in [2.75, 3.05) is 5.75 Å². The molecule has 4 nitrogen and oxygen atoms in total. The van der Waals surface area contributed by atoms with Crippen LogP contribution in [0.15, 0.2) is 29.1 Å². The van der Waals surface area contributed by atoms with E-state index in [9.17, 15) is 4.79 Å². The summed E-state index contributed by atoms with van der Waals surface area (Å²) in [6.07, 6.45) is 2.13. The van der Waals surface area contributed by atoms with Crippen molar-refractivity contribution in [3.05, 3.63) is 34.6 Å². The first-order valence-corrected chi connectivity index (χ1v) is 6.83. The van der Waals surface area contributed by atoms with Crippen LogP contribution in [0.3, 0.4) is 0 Å². The van der Waals surface area contributed by atoms with Gasteiger partial charge in [0.05, 0.1) is 11.9 Å². The zero-order valence-electron chi connectivity index (χ0n) is 10.4. The smallest absolute Gasteiger partial charge is 0.267 e. The van der Waals surface area contributed by atoms with Gasteiger partial charge in [0.2, 0.25) is 0 Å². The Kier molecular flexibility index (Phi) is 4.36. The van der Waals surface area contributed by atoms with Crippen molar-refractivity contribution in [2.45, 2.75) is 26.3 Å². The molecule has 0 saturated carbocycles. The Morgan fingerprint density at radius 3 is 2.89 bits per heavy atom. The van der Waals surface area contributed by atoms with E-state index in [4.69, 9.17) is 0 Å². The number of hydrogen-bond acceptors (Lipinski definition) is 4. The van der Waals surface area contributed by atoms with Crippen LogP contribution in [0.2, 0.25) is 0 Å². The number of thiol groups is 1. The summed E-state index contributed by atoms with van der Waals surface area (Å²) in [6, 6.07) is 7.29. The fraction of sp³-hybridized carbons (Fsp3) is 0.462. The maximum absolute atomic E-state index is 12.2. The maximum Gasteiger partial charge on any atom is 0.277 e. The molecular formula is C13H17N3OS. The molecule has 0 aliphatic carbocycles. The van der Waals surface area contributed by atoms with Gasteiger partial charge < -0.3 is 0 Å². The molecule has 1 aromatic heterocycles. The Hall–Kier alpha value is -1.36. The predicted molar refractivity (Wildman–Crippen MR) is 76.0 cm³/mol. The highest BCUT2D eigenvalue weighted by Crippen LogP contribution is 2.10. The van der Waals surface area contributed by atoms with E-state index in [2.05, 4.69) is 29.9 Å². The summed E-state index contributed by atoms with van der Waals surface area (Å²) >= 11 is 4.32. The summed E-state index contributed by atoms with van der Waals surface area (Å²) < 4.78 is 1.46. The summed E-state index contributed by atoms with van der Waals surface area (Å²) in [6.45, 7) is 2.72. The van der Waals surface area contributed by atoms with Crippen LogP contribution in [-0.2, 0) is 6.54 Å². The molecule has 0 amide bonds. The molecule has 0 spiro atoms. The molecule has 0 N–H and O–H groups in total. The van der Waals surface area contributed by atoms with Gasteiger partial charge in [0.15, 0.2) is 0 Å². The fourth-order valence-corrected chi connectivity index (χ4v) is 2.33. The van der Waals surface area contributed by atoms with Gasteiger partial charge in [-0.2, -0.15) is 12.6 Å². The van der Waals surface area contributed by atoms with Crippen LogP contribution in [0.5, 0.6) is 0 Å². The van der Waals surface area contributed by atoms with E-state index in [1.165, 1.54) is 4.68 Å². The van der Waals surface area contributed by atoms with Crippen LogP contribution in [0, 0.1) is 5.92 Å². The molecular weight excluding hydrogens is 246 g/mol. The molecule has 1 heterocycles.